The van der Waals surface area contributed by atoms with Crippen molar-refractivity contribution in [3.63, 3.8) is 0 Å². The Morgan fingerprint density at radius 1 is 1.58 bits per heavy atom. The number of rotatable bonds is 6. The molecular weight excluding hydrogens is 240 g/mol. The van der Waals surface area contributed by atoms with E-state index >= 15 is 0 Å². The lowest BCUT2D eigenvalue weighted by Crippen LogP contribution is -2.27. The molecule has 0 spiro atoms. The average molecular weight is 260 g/mol. The summed E-state index contributed by atoms with van der Waals surface area (Å²) in [6, 6.07) is 3.81. The number of anilines is 1. The fourth-order valence-electron chi connectivity index (χ4n) is 2.06. The van der Waals surface area contributed by atoms with Crippen LogP contribution in [0, 0.1) is 0 Å². The molecule has 4 nitrogen and oxygen atoms in total. The highest BCUT2D eigenvalue weighted by molar-refractivity contribution is 5.88. The summed E-state index contributed by atoms with van der Waals surface area (Å²) < 4.78 is 0. The number of hydrogen-bond donors (Lipinski definition) is 1. The van der Waals surface area contributed by atoms with Crippen molar-refractivity contribution < 1.29 is 9.90 Å². The molecule has 1 heterocycles. The van der Waals surface area contributed by atoms with Crippen molar-refractivity contribution in [3.8, 4) is 0 Å². The number of nitrogens with zero attached hydrogens (tertiary/aromatic N) is 2. The van der Waals surface area contributed by atoms with Gasteiger partial charge in [0.15, 0.2) is 0 Å². The maximum absolute atomic E-state index is 11.2. The number of aromatic nitrogens is 1. The van der Waals surface area contributed by atoms with Gasteiger partial charge in [-0.25, -0.2) is 9.78 Å². The summed E-state index contributed by atoms with van der Waals surface area (Å²) in [5.74, 6) is 0.0636. The van der Waals surface area contributed by atoms with Gasteiger partial charge in [-0.15, -0.1) is 6.58 Å². The minimum Gasteiger partial charge on any atom is -0.478 e. The Morgan fingerprint density at radius 2 is 2.26 bits per heavy atom. The molecule has 0 amide bonds. The minimum absolute atomic E-state index is 0.211. The molecular formula is C15H20N2O2. The molecule has 102 valence electrons. The van der Waals surface area contributed by atoms with E-state index in [4.69, 9.17) is 0 Å². The van der Waals surface area contributed by atoms with Crippen LogP contribution in [0.1, 0.15) is 48.7 Å². The first-order valence-corrected chi connectivity index (χ1v) is 6.65. The minimum atomic E-state index is -0.903. The third-order valence-corrected chi connectivity index (χ3v) is 3.28. The molecule has 2 rings (SSSR count). The number of hydrogen-bond acceptors (Lipinski definition) is 3. The summed E-state index contributed by atoms with van der Waals surface area (Å²) in [5, 5.41) is 9.21. The summed E-state index contributed by atoms with van der Waals surface area (Å²) in [6.07, 6.45) is 4.12. The van der Waals surface area contributed by atoms with Gasteiger partial charge in [0.25, 0.3) is 0 Å². The molecule has 1 aliphatic carbocycles. The maximum Gasteiger partial charge on any atom is 0.335 e. The van der Waals surface area contributed by atoms with Crippen LogP contribution in [-0.4, -0.2) is 28.6 Å². The molecule has 0 radical (unpaired) electrons. The van der Waals surface area contributed by atoms with Gasteiger partial charge >= 0.3 is 5.97 Å². The molecule has 1 N–H and O–H groups in total. The fraction of sp³-hybridized carbons (Fsp3) is 0.467. The molecule has 0 saturated heterocycles. The largest absolute Gasteiger partial charge is 0.478 e. The average Bonchev–Trinajstić information content (AvgIpc) is 3.19. The molecule has 1 aromatic rings. The monoisotopic (exact) mass is 260 g/mol. The Bertz CT molecular complexity index is 493. The fourth-order valence-corrected chi connectivity index (χ4v) is 2.06. The van der Waals surface area contributed by atoms with Gasteiger partial charge in [-0.1, -0.05) is 19.9 Å². The van der Waals surface area contributed by atoms with Gasteiger partial charge in [-0.05, 0) is 30.9 Å². The molecule has 1 saturated carbocycles. The Morgan fingerprint density at radius 3 is 2.74 bits per heavy atom. The number of aromatic carboxylic acids is 1. The standard InChI is InChI=1S/C15H20N2O2/c1-4-7-17(12-5-6-12)14-9-11(15(18)19)8-13(16-14)10(2)3/h4,8-10,12H,1,5-7H2,2-3H3,(H,18,19). The zero-order valence-corrected chi connectivity index (χ0v) is 11.5. The first-order valence-electron chi connectivity index (χ1n) is 6.65. The summed E-state index contributed by atoms with van der Waals surface area (Å²) in [5.41, 5.74) is 1.13. The summed E-state index contributed by atoms with van der Waals surface area (Å²) in [6.45, 7) is 8.51. The van der Waals surface area contributed by atoms with Crippen molar-refractivity contribution in [2.24, 2.45) is 0 Å². The van der Waals surface area contributed by atoms with Gasteiger partial charge < -0.3 is 10.0 Å². The second-order valence-electron chi connectivity index (χ2n) is 5.27. The highest BCUT2D eigenvalue weighted by atomic mass is 16.4. The van der Waals surface area contributed by atoms with Gasteiger partial charge in [0, 0.05) is 18.3 Å². The SMILES string of the molecule is C=CCN(c1cc(C(=O)O)cc(C(C)C)n1)C1CC1. The van der Waals surface area contributed by atoms with Crippen molar-refractivity contribution in [2.45, 2.75) is 38.6 Å². The van der Waals surface area contributed by atoms with E-state index in [0.29, 0.717) is 18.2 Å². The van der Waals surface area contributed by atoms with Crippen LogP contribution in [0.4, 0.5) is 5.82 Å². The smallest absolute Gasteiger partial charge is 0.335 e. The van der Waals surface area contributed by atoms with Gasteiger partial charge in [-0.3, -0.25) is 0 Å². The highest BCUT2D eigenvalue weighted by Gasteiger charge is 2.30. The molecule has 0 atom stereocenters. The van der Waals surface area contributed by atoms with Crippen LogP contribution in [0.25, 0.3) is 0 Å². The van der Waals surface area contributed by atoms with Crippen molar-refractivity contribution in [1.82, 2.24) is 4.98 Å². The van der Waals surface area contributed by atoms with Crippen LogP contribution in [0.3, 0.4) is 0 Å². The number of carboxylic acid groups (broad SMARTS) is 1. The van der Waals surface area contributed by atoms with E-state index in [2.05, 4.69) is 16.5 Å². The lowest BCUT2D eigenvalue weighted by molar-refractivity contribution is 0.0696. The van der Waals surface area contributed by atoms with Crippen molar-refractivity contribution in [2.75, 3.05) is 11.4 Å². The van der Waals surface area contributed by atoms with E-state index in [1.165, 1.54) is 0 Å². The summed E-state index contributed by atoms with van der Waals surface area (Å²) >= 11 is 0. The summed E-state index contributed by atoms with van der Waals surface area (Å²) in [4.78, 5) is 18.0. The van der Waals surface area contributed by atoms with Gasteiger partial charge in [0.05, 0.1) is 5.56 Å². The second-order valence-corrected chi connectivity index (χ2v) is 5.27. The van der Waals surface area contributed by atoms with Crippen LogP contribution in [0.5, 0.6) is 0 Å². The van der Waals surface area contributed by atoms with Crippen LogP contribution >= 0.6 is 0 Å². The zero-order valence-electron chi connectivity index (χ0n) is 11.5. The third-order valence-electron chi connectivity index (χ3n) is 3.28. The third kappa shape index (κ3) is 3.13. The Kier molecular flexibility index (Phi) is 3.88. The molecule has 4 heteroatoms. The molecule has 19 heavy (non-hydrogen) atoms. The number of carboxylic acids is 1. The second kappa shape index (κ2) is 5.43. The van der Waals surface area contributed by atoms with Crippen molar-refractivity contribution in [1.29, 1.82) is 0 Å². The van der Waals surface area contributed by atoms with E-state index in [-0.39, 0.29) is 5.92 Å². The maximum atomic E-state index is 11.2. The quantitative estimate of drug-likeness (QED) is 0.799. The predicted molar refractivity (Wildman–Crippen MR) is 75.9 cm³/mol. The predicted octanol–water partition coefficient (Wildman–Crippen LogP) is 3.06. The molecule has 0 unspecified atom stereocenters. The topological polar surface area (TPSA) is 53.4 Å². The number of carbonyl (C=O) groups is 1. The highest BCUT2D eigenvalue weighted by Crippen LogP contribution is 2.31. The normalized spacial score (nSPS) is 14.5. The molecule has 1 aliphatic rings. The van der Waals surface area contributed by atoms with Crippen LogP contribution in [-0.2, 0) is 0 Å². The molecule has 0 bridgehead atoms. The van der Waals surface area contributed by atoms with E-state index in [1.54, 1.807) is 12.1 Å². The van der Waals surface area contributed by atoms with Gasteiger partial charge in [0.2, 0.25) is 0 Å². The first-order chi connectivity index (χ1) is 9.02. The van der Waals surface area contributed by atoms with Crippen LogP contribution in [0.15, 0.2) is 24.8 Å². The molecule has 0 aromatic carbocycles. The Balaban J connectivity index is 2.41. The van der Waals surface area contributed by atoms with Crippen molar-refractivity contribution >= 4 is 11.8 Å². The zero-order chi connectivity index (χ0) is 14.0. The van der Waals surface area contributed by atoms with E-state index in [1.807, 2.05) is 19.9 Å². The molecule has 1 aromatic heterocycles. The Hall–Kier alpha value is -1.84. The lowest BCUT2D eigenvalue weighted by atomic mass is 10.1. The van der Waals surface area contributed by atoms with E-state index in [0.717, 1.165) is 24.4 Å². The van der Waals surface area contributed by atoms with Crippen LogP contribution < -0.4 is 4.90 Å². The first kappa shape index (κ1) is 13.6. The summed E-state index contributed by atoms with van der Waals surface area (Å²) in [7, 11) is 0. The van der Waals surface area contributed by atoms with Crippen molar-refractivity contribution in [3.05, 3.63) is 36.0 Å². The lowest BCUT2D eigenvalue weighted by Gasteiger charge is -2.23. The molecule has 1 fully saturated rings. The Labute approximate surface area is 113 Å². The molecule has 0 aliphatic heterocycles. The number of pyridine rings is 1. The van der Waals surface area contributed by atoms with Crippen LogP contribution in [0.2, 0.25) is 0 Å². The van der Waals surface area contributed by atoms with E-state index < -0.39 is 5.97 Å². The van der Waals surface area contributed by atoms with Gasteiger partial charge in [-0.2, -0.15) is 0 Å². The van der Waals surface area contributed by atoms with E-state index in [9.17, 15) is 9.90 Å². The van der Waals surface area contributed by atoms with Gasteiger partial charge in [0.1, 0.15) is 5.82 Å².